The Morgan fingerprint density at radius 3 is 2.70 bits per heavy atom. The molecule has 114 valence electrons. The van der Waals surface area contributed by atoms with Gasteiger partial charge >= 0.3 is 6.18 Å². The number of hydrogen-bond donors (Lipinski definition) is 1. The van der Waals surface area contributed by atoms with E-state index in [1.807, 2.05) is 0 Å². The van der Waals surface area contributed by atoms with Crippen LogP contribution in [0.4, 0.5) is 13.2 Å². The number of rotatable bonds is 8. The van der Waals surface area contributed by atoms with Crippen LogP contribution in [0.3, 0.4) is 0 Å². The maximum absolute atomic E-state index is 12.0. The van der Waals surface area contributed by atoms with Gasteiger partial charge in [0.2, 0.25) is 0 Å². The Morgan fingerprint density at radius 1 is 1.30 bits per heavy atom. The lowest BCUT2D eigenvalue weighted by molar-refractivity contribution is -0.136. The number of ether oxygens (including phenoxy) is 1. The molecule has 0 fully saturated rings. The zero-order valence-electron chi connectivity index (χ0n) is 11.4. The molecule has 0 radical (unpaired) electrons. The minimum Gasteiger partial charge on any atom is -0.493 e. The Kier molecular flexibility index (Phi) is 7.16. The molecular weight excluding hydrogens is 291 g/mol. The molecule has 0 spiro atoms. The van der Waals surface area contributed by atoms with Crippen LogP contribution in [-0.4, -0.2) is 19.3 Å². The molecule has 1 rings (SSSR count). The fraction of sp³-hybridized carbons (Fsp3) is 0.571. The van der Waals surface area contributed by atoms with Crippen molar-refractivity contribution in [3.05, 3.63) is 28.8 Å². The molecular formula is C14H19ClF3NO. The van der Waals surface area contributed by atoms with Crippen LogP contribution >= 0.6 is 11.6 Å². The lowest BCUT2D eigenvalue weighted by Crippen LogP contribution is -2.15. The summed E-state index contributed by atoms with van der Waals surface area (Å²) >= 11 is 5.92. The predicted molar refractivity (Wildman–Crippen MR) is 74.2 cm³/mol. The summed E-state index contributed by atoms with van der Waals surface area (Å²) in [5.74, 6) is 0.583. The van der Waals surface area contributed by atoms with E-state index in [4.69, 9.17) is 16.3 Å². The molecule has 1 aromatic carbocycles. The fourth-order valence-corrected chi connectivity index (χ4v) is 1.88. The Labute approximate surface area is 122 Å². The number of hydrogen-bond acceptors (Lipinski definition) is 2. The Hall–Kier alpha value is -0.940. The van der Waals surface area contributed by atoms with Gasteiger partial charge in [0, 0.05) is 23.6 Å². The zero-order chi connectivity index (χ0) is 15.0. The van der Waals surface area contributed by atoms with Crippen molar-refractivity contribution in [3.63, 3.8) is 0 Å². The van der Waals surface area contributed by atoms with Crippen LogP contribution in [0.25, 0.3) is 0 Å². The summed E-state index contributed by atoms with van der Waals surface area (Å²) in [7, 11) is 0. The molecule has 6 heteroatoms. The highest BCUT2D eigenvalue weighted by Crippen LogP contribution is 2.25. The minimum absolute atomic E-state index is 0.0436. The molecule has 0 unspecified atom stereocenters. The first-order chi connectivity index (χ1) is 9.42. The van der Waals surface area contributed by atoms with E-state index in [2.05, 4.69) is 12.2 Å². The van der Waals surface area contributed by atoms with E-state index < -0.39 is 12.6 Å². The van der Waals surface area contributed by atoms with Crippen LogP contribution in [0.2, 0.25) is 5.02 Å². The predicted octanol–water partition coefficient (Wildman–Crippen LogP) is 4.56. The number of nitrogens with one attached hydrogen (secondary N) is 1. The standard InChI is InChI=1S/C14H19ClF3NO/c1-2-7-19-10-11-9-12(15)4-5-13(11)20-8-3-6-14(16,17)18/h4-5,9,19H,2-3,6-8,10H2,1H3. The highest BCUT2D eigenvalue weighted by molar-refractivity contribution is 6.30. The molecule has 0 heterocycles. The van der Waals surface area contributed by atoms with Gasteiger partial charge in [0.05, 0.1) is 6.61 Å². The first-order valence-corrected chi connectivity index (χ1v) is 6.99. The van der Waals surface area contributed by atoms with Crippen molar-refractivity contribution in [1.82, 2.24) is 5.32 Å². The van der Waals surface area contributed by atoms with Gasteiger partial charge in [-0.25, -0.2) is 0 Å². The summed E-state index contributed by atoms with van der Waals surface area (Å²) in [6.45, 7) is 3.55. The molecule has 0 amide bonds. The van der Waals surface area contributed by atoms with Gasteiger partial charge in [0.15, 0.2) is 0 Å². The second kappa shape index (κ2) is 8.37. The molecule has 0 saturated carbocycles. The van der Waals surface area contributed by atoms with Crippen LogP contribution in [0, 0.1) is 0 Å². The van der Waals surface area contributed by atoms with Gasteiger partial charge in [-0.05, 0) is 37.6 Å². The van der Waals surface area contributed by atoms with Gasteiger partial charge in [0.1, 0.15) is 5.75 Å². The summed E-state index contributed by atoms with van der Waals surface area (Å²) in [4.78, 5) is 0. The lowest BCUT2D eigenvalue weighted by atomic mass is 10.2. The SMILES string of the molecule is CCCNCc1cc(Cl)ccc1OCCCC(F)(F)F. The lowest BCUT2D eigenvalue weighted by Gasteiger charge is -2.13. The Morgan fingerprint density at radius 2 is 2.05 bits per heavy atom. The van der Waals surface area contributed by atoms with Crippen LogP contribution in [0.1, 0.15) is 31.7 Å². The van der Waals surface area contributed by atoms with Crippen molar-refractivity contribution < 1.29 is 17.9 Å². The monoisotopic (exact) mass is 309 g/mol. The molecule has 0 aromatic heterocycles. The molecule has 0 atom stereocenters. The molecule has 2 nitrogen and oxygen atoms in total. The van der Waals surface area contributed by atoms with Crippen molar-refractivity contribution in [1.29, 1.82) is 0 Å². The topological polar surface area (TPSA) is 21.3 Å². The summed E-state index contributed by atoms with van der Waals surface area (Å²) in [5.41, 5.74) is 0.859. The number of benzene rings is 1. The van der Waals surface area contributed by atoms with Gasteiger partial charge in [-0.3, -0.25) is 0 Å². The highest BCUT2D eigenvalue weighted by atomic mass is 35.5. The van der Waals surface area contributed by atoms with Crippen molar-refractivity contribution in [3.8, 4) is 5.75 Å². The average Bonchev–Trinajstić information content (AvgIpc) is 2.36. The Bertz CT molecular complexity index is 410. The van der Waals surface area contributed by atoms with Gasteiger partial charge in [-0.15, -0.1) is 0 Å². The van der Waals surface area contributed by atoms with E-state index in [-0.39, 0.29) is 13.0 Å². The Balaban J connectivity index is 2.51. The number of alkyl halides is 3. The van der Waals surface area contributed by atoms with E-state index in [1.165, 1.54) is 0 Å². The minimum atomic E-state index is -4.13. The quantitative estimate of drug-likeness (QED) is 0.711. The van der Waals surface area contributed by atoms with Crippen LogP contribution in [-0.2, 0) is 6.54 Å². The third kappa shape index (κ3) is 7.01. The summed E-state index contributed by atoms with van der Waals surface area (Å²) < 4.78 is 41.5. The molecule has 0 aliphatic rings. The second-order valence-electron chi connectivity index (χ2n) is 4.50. The van der Waals surface area contributed by atoms with Crippen molar-refractivity contribution in [2.45, 2.75) is 38.9 Å². The van der Waals surface area contributed by atoms with Crippen molar-refractivity contribution in [2.75, 3.05) is 13.2 Å². The normalized spacial score (nSPS) is 11.7. The van der Waals surface area contributed by atoms with E-state index >= 15 is 0 Å². The van der Waals surface area contributed by atoms with E-state index in [0.717, 1.165) is 18.5 Å². The second-order valence-corrected chi connectivity index (χ2v) is 4.93. The van der Waals surface area contributed by atoms with Gasteiger partial charge in [-0.2, -0.15) is 13.2 Å². The van der Waals surface area contributed by atoms with E-state index in [1.54, 1.807) is 18.2 Å². The van der Waals surface area contributed by atoms with Crippen LogP contribution in [0.15, 0.2) is 18.2 Å². The molecule has 1 aromatic rings. The van der Waals surface area contributed by atoms with E-state index in [9.17, 15) is 13.2 Å². The zero-order valence-corrected chi connectivity index (χ0v) is 12.2. The molecule has 0 bridgehead atoms. The molecule has 20 heavy (non-hydrogen) atoms. The smallest absolute Gasteiger partial charge is 0.389 e. The summed E-state index contributed by atoms with van der Waals surface area (Å²) in [5, 5.41) is 3.80. The number of halogens is 4. The first kappa shape index (κ1) is 17.1. The van der Waals surface area contributed by atoms with Gasteiger partial charge in [0.25, 0.3) is 0 Å². The largest absolute Gasteiger partial charge is 0.493 e. The van der Waals surface area contributed by atoms with Crippen LogP contribution in [0.5, 0.6) is 5.75 Å². The highest BCUT2D eigenvalue weighted by Gasteiger charge is 2.26. The van der Waals surface area contributed by atoms with Crippen LogP contribution < -0.4 is 10.1 Å². The summed E-state index contributed by atoms with van der Waals surface area (Å²) in [6, 6.07) is 5.13. The third-order valence-corrected chi connectivity index (χ3v) is 2.86. The average molecular weight is 310 g/mol. The molecule has 1 N–H and O–H groups in total. The molecule has 0 aliphatic carbocycles. The fourth-order valence-electron chi connectivity index (χ4n) is 1.68. The maximum atomic E-state index is 12.0. The van der Waals surface area contributed by atoms with Crippen molar-refractivity contribution in [2.24, 2.45) is 0 Å². The van der Waals surface area contributed by atoms with Crippen molar-refractivity contribution >= 4 is 11.6 Å². The summed E-state index contributed by atoms with van der Waals surface area (Å²) in [6.07, 6.45) is -4.00. The first-order valence-electron chi connectivity index (χ1n) is 6.61. The maximum Gasteiger partial charge on any atom is 0.389 e. The van der Waals surface area contributed by atoms with Gasteiger partial charge in [-0.1, -0.05) is 18.5 Å². The third-order valence-electron chi connectivity index (χ3n) is 2.63. The molecule has 0 saturated heterocycles. The van der Waals surface area contributed by atoms with Gasteiger partial charge < -0.3 is 10.1 Å². The van der Waals surface area contributed by atoms with E-state index in [0.29, 0.717) is 17.3 Å². The molecule has 0 aliphatic heterocycles.